The molecule has 0 bridgehead atoms. The molecule has 22 heavy (non-hydrogen) atoms. The van der Waals surface area contributed by atoms with Gasteiger partial charge in [0, 0.05) is 36.9 Å². The summed E-state index contributed by atoms with van der Waals surface area (Å²) in [6.07, 6.45) is -0.100. The Morgan fingerprint density at radius 1 is 1.41 bits per heavy atom. The highest BCUT2D eigenvalue weighted by atomic mass is 16.5. The Bertz CT molecular complexity index is 528. The first-order chi connectivity index (χ1) is 10.3. The molecular formula is C16H28N4O2. The third-order valence-corrected chi connectivity index (χ3v) is 4.31. The Morgan fingerprint density at radius 3 is 2.64 bits per heavy atom. The van der Waals surface area contributed by atoms with Gasteiger partial charge in [0.05, 0.1) is 11.8 Å². The summed E-state index contributed by atoms with van der Waals surface area (Å²) in [7, 11) is 0. The fourth-order valence-electron chi connectivity index (χ4n) is 2.99. The number of likely N-dealkylation sites (tertiary alicyclic amines) is 1. The molecule has 2 atom stereocenters. The summed E-state index contributed by atoms with van der Waals surface area (Å²) < 4.78 is 6.94. The first kappa shape index (κ1) is 17.0. The molecule has 2 N–H and O–H groups in total. The molecule has 124 valence electrons. The van der Waals surface area contributed by atoms with Crippen molar-refractivity contribution in [3.63, 3.8) is 0 Å². The van der Waals surface area contributed by atoms with E-state index in [4.69, 9.17) is 10.5 Å². The number of hydrogen-bond donors (Lipinski definition) is 1. The van der Waals surface area contributed by atoms with E-state index in [2.05, 4.69) is 16.9 Å². The third kappa shape index (κ3) is 3.87. The van der Waals surface area contributed by atoms with Crippen molar-refractivity contribution >= 4 is 5.97 Å². The van der Waals surface area contributed by atoms with E-state index < -0.39 is 0 Å². The second-order valence-corrected chi connectivity index (χ2v) is 6.68. The van der Waals surface area contributed by atoms with Gasteiger partial charge in [0.1, 0.15) is 6.54 Å². The van der Waals surface area contributed by atoms with Gasteiger partial charge in [-0.1, -0.05) is 6.92 Å². The molecule has 2 rings (SSSR count). The molecule has 0 aromatic carbocycles. The number of aryl methyl sites for hydroxylation is 1. The highest BCUT2D eigenvalue weighted by Gasteiger charge is 2.28. The largest absolute Gasteiger partial charge is 0.462 e. The molecule has 1 aromatic heterocycles. The van der Waals surface area contributed by atoms with Crippen LogP contribution in [0.15, 0.2) is 0 Å². The molecule has 1 aliphatic rings. The van der Waals surface area contributed by atoms with Gasteiger partial charge < -0.3 is 10.5 Å². The monoisotopic (exact) mass is 308 g/mol. The van der Waals surface area contributed by atoms with E-state index in [1.54, 1.807) is 4.68 Å². The molecule has 0 amide bonds. The molecule has 1 aromatic rings. The Labute approximate surface area is 132 Å². The van der Waals surface area contributed by atoms with Gasteiger partial charge in [-0.2, -0.15) is 5.10 Å². The summed E-state index contributed by atoms with van der Waals surface area (Å²) >= 11 is 0. The molecule has 0 spiro atoms. The fraction of sp³-hybridized carbons (Fsp3) is 0.750. The Hall–Kier alpha value is -1.40. The molecule has 1 fully saturated rings. The fourth-order valence-corrected chi connectivity index (χ4v) is 2.99. The minimum Gasteiger partial charge on any atom is -0.462 e. The second kappa shape index (κ2) is 6.79. The lowest BCUT2D eigenvalue weighted by Gasteiger charge is -2.15. The van der Waals surface area contributed by atoms with Crippen molar-refractivity contribution in [3.8, 4) is 0 Å². The van der Waals surface area contributed by atoms with Crippen LogP contribution in [0.25, 0.3) is 0 Å². The van der Waals surface area contributed by atoms with Gasteiger partial charge in [-0.05, 0) is 33.6 Å². The summed E-state index contributed by atoms with van der Waals surface area (Å²) in [6, 6.07) is 0.247. The minimum atomic E-state index is -0.246. The molecule has 6 nitrogen and oxygen atoms in total. The van der Waals surface area contributed by atoms with Crippen molar-refractivity contribution < 1.29 is 9.53 Å². The van der Waals surface area contributed by atoms with E-state index in [9.17, 15) is 4.79 Å². The zero-order valence-electron chi connectivity index (χ0n) is 14.3. The standard InChI is InChI=1S/C16H28N4O2/c1-10(2)22-16(21)9-20-13(5)14(12(4)18-20)7-19-6-11(3)15(17)8-19/h10-11,15H,6-9,17H2,1-5H3. The van der Waals surface area contributed by atoms with Crippen LogP contribution in [-0.2, 0) is 22.6 Å². The third-order valence-electron chi connectivity index (χ3n) is 4.31. The average molecular weight is 308 g/mol. The summed E-state index contributed by atoms with van der Waals surface area (Å²) in [5, 5.41) is 4.50. The lowest BCUT2D eigenvalue weighted by molar-refractivity contribution is -0.148. The minimum absolute atomic E-state index is 0.100. The zero-order valence-corrected chi connectivity index (χ0v) is 14.3. The number of nitrogens with zero attached hydrogens (tertiary/aromatic N) is 3. The van der Waals surface area contributed by atoms with Gasteiger partial charge in [-0.25, -0.2) is 0 Å². The summed E-state index contributed by atoms with van der Waals surface area (Å²) in [5.41, 5.74) is 9.29. The van der Waals surface area contributed by atoms with Gasteiger partial charge in [-0.3, -0.25) is 14.4 Å². The topological polar surface area (TPSA) is 73.4 Å². The van der Waals surface area contributed by atoms with Crippen molar-refractivity contribution in [1.82, 2.24) is 14.7 Å². The molecular weight excluding hydrogens is 280 g/mol. The smallest absolute Gasteiger partial charge is 0.328 e. The highest BCUT2D eigenvalue weighted by molar-refractivity contribution is 5.69. The number of esters is 1. The van der Waals surface area contributed by atoms with Gasteiger partial charge in [0.25, 0.3) is 0 Å². The maximum Gasteiger partial charge on any atom is 0.328 e. The quantitative estimate of drug-likeness (QED) is 0.828. The van der Waals surface area contributed by atoms with Crippen LogP contribution < -0.4 is 5.73 Å². The number of carbonyl (C=O) groups excluding carboxylic acids is 1. The summed E-state index contributed by atoms with van der Waals surface area (Å²) in [6.45, 7) is 12.8. The van der Waals surface area contributed by atoms with Crippen LogP contribution in [0, 0.1) is 19.8 Å². The number of nitrogens with two attached hydrogens (primary N) is 1. The predicted octanol–water partition coefficient (Wildman–Crippen LogP) is 1.23. The predicted molar refractivity (Wildman–Crippen MR) is 85.3 cm³/mol. The van der Waals surface area contributed by atoms with Crippen LogP contribution in [0.4, 0.5) is 0 Å². The van der Waals surface area contributed by atoms with E-state index in [0.29, 0.717) is 5.92 Å². The van der Waals surface area contributed by atoms with E-state index in [1.165, 1.54) is 5.56 Å². The second-order valence-electron chi connectivity index (χ2n) is 6.68. The van der Waals surface area contributed by atoms with Gasteiger partial charge in [0.2, 0.25) is 0 Å². The molecule has 2 unspecified atom stereocenters. The normalized spacial score (nSPS) is 22.5. The van der Waals surface area contributed by atoms with Crippen molar-refractivity contribution in [2.75, 3.05) is 13.1 Å². The van der Waals surface area contributed by atoms with E-state index in [-0.39, 0.29) is 24.7 Å². The van der Waals surface area contributed by atoms with Crippen LogP contribution in [0.1, 0.15) is 37.7 Å². The van der Waals surface area contributed by atoms with Crippen molar-refractivity contribution in [2.45, 2.75) is 59.9 Å². The first-order valence-electron chi connectivity index (χ1n) is 7.98. The van der Waals surface area contributed by atoms with Gasteiger partial charge >= 0.3 is 5.97 Å². The SMILES string of the molecule is Cc1nn(CC(=O)OC(C)C)c(C)c1CN1CC(C)C(N)C1. The molecule has 0 radical (unpaired) electrons. The highest BCUT2D eigenvalue weighted by Crippen LogP contribution is 2.21. The van der Waals surface area contributed by atoms with Crippen LogP contribution >= 0.6 is 0 Å². The van der Waals surface area contributed by atoms with Crippen molar-refractivity contribution in [3.05, 3.63) is 17.0 Å². The summed E-state index contributed by atoms with van der Waals surface area (Å²) in [4.78, 5) is 14.2. The van der Waals surface area contributed by atoms with E-state index in [0.717, 1.165) is 31.0 Å². The van der Waals surface area contributed by atoms with E-state index >= 15 is 0 Å². The van der Waals surface area contributed by atoms with Gasteiger partial charge in [0.15, 0.2) is 0 Å². The van der Waals surface area contributed by atoms with Gasteiger partial charge in [-0.15, -0.1) is 0 Å². The van der Waals surface area contributed by atoms with Crippen molar-refractivity contribution in [1.29, 1.82) is 0 Å². The number of ether oxygens (including phenoxy) is 1. The zero-order chi connectivity index (χ0) is 16.4. The number of rotatable bonds is 5. The lowest BCUT2D eigenvalue weighted by Crippen LogP contribution is -2.28. The summed E-state index contributed by atoms with van der Waals surface area (Å²) in [5.74, 6) is 0.278. The van der Waals surface area contributed by atoms with Crippen LogP contribution in [-0.4, -0.2) is 45.9 Å². The molecule has 1 saturated heterocycles. The number of hydrogen-bond acceptors (Lipinski definition) is 5. The van der Waals surface area contributed by atoms with Crippen LogP contribution in [0.5, 0.6) is 0 Å². The molecule has 2 heterocycles. The lowest BCUT2D eigenvalue weighted by atomic mass is 10.1. The van der Waals surface area contributed by atoms with E-state index in [1.807, 2.05) is 27.7 Å². The number of carbonyl (C=O) groups is 1. The van der Waals surface area contributed by atoms with Crippen LogP contribution in [0.3, 0.4) is 0 Å². The Kier molecular flexibility index (Phi) is 5.24. The maximum atomic E-state index is 11.8. The first-order valence-corrected chi connectivity index (χ1v) is 7.98. The Morgan fingerprint density at radius 2 is 2.09 bits per heavy atom. The maximum absolute atomic E-state index is 11.8. The molecule has 0 aliphatic carbocycles. The number of aromatic nitrogens is 2. The van der Waals surface area contributed by atoms with Crippen molar-refractivity contribution in [2.24, 2.45) is 11.7 Å². The molecule has 1 aliphatic heterocycles. The van der Waals surface area contributed by atoms with Crippen LogP contribution in [0.2, 0.25) is 0 Å². The Balaban J connectivity index is 2.06. The molecule has 6 heteroatoms. The average Bonchev–Trinajstić information content (AvgIpc) is 2.83. The molecule has 0 saturated carbocycles.